The molecule has 0 aliphatic heterocycles. The third-order valence-electron chi connectivity index (χ3n) is 4.03. The van der Waals surface area contributed by atoms with Crippen LogP contribution < -0.4 is 0 Å². The molecule has 21 heavy (non-hydrogen) atoms. The number of hydrogen-bond acceptors (Lipinski definition) is 2. The highest BCUT2D eigenvalue weighted by Crippen LogP contribution is 2.13. The van der Waals surface area contributed by atoms with E-state index < -0.39 is 10.8 Å². The number of ether oxygens (including phenoxy) is 1. The average Bonchev–Trinajstić information content (AvgIpc) is 2.46. The molecule has 3 heteroatoms. The Morgan fingerprint density at radius 1 is 0.619 bits per heavy atom. The third-order valence-corrected chi connectivity index (χ3v) is 4.89. The van der Waals surface area contributed by atoms with E-state index in [4.69, 9.17) is 4.74 Å². The lowest BCUT2D eigenvalue weighted by Gasteiger charge is -2.03. The molecule has 0 N–H and O–H groups in total. The van der Waals surface area contributed by atoms with Crippen LogP contribution in [0.3, 0.4) is 0 Å². The van der Waals surface area contributed by atoms with Gasteiger partial charge in [-0.1, -0.05) is 77.0 Å². The van der Waals surface area contributed by atoms with E-state index in [-0.39, 0.29) is 0 Å². The molecule has 0 rings (SSSR count). The first-order valence-corrected chi connectivity index (χ1v) is 10.8. The van der Waals surface area contributed by atoms with Crippen LogP contribution in [0.4, 0.5) is 0 Å². The molecule has 2 nitrogen and oxygen atoms in total. The lowest BCUT2D eigenvalue weighted by molar-refractivity contribution is 0.192. The molecule has 0 heterocycles. The summed E-state index contributed by atoms with van der Waals surface area (Å²) in [5.41, 5.74) is 0. The van der Waals surface area contributed by atoms with Crippen molar-refractivity contribution in [1.82, 2.24) is 0 Å². The predicted molar refractivity (Wildman–Crippen MR) is 95.4 cm³/mol. The van der Waals surface area contributed by atoms with Crippen LogP contribution in [0, 0.1) is 0 Å². The zero-order chi connectivity index (χ0) is 15.6. The third kappa shape index (κ3) is 20.1. The Morgan fingerprint density at radius 3 is 1.29 bits per heavy atom. The molecule has 1 unspecified atom stereocenters. The summed E-state index contributed by atoms with van der Waals surface area (Å²) < 4.78 is 15.9. The summed E-state index contributed by atoms with van der Waals surface area (Å²) >= 11 is 0. The summed E-state index contributed by atoms with van der Waals surface area (Å²) in [6.07, 6.45) is 20.8. The topological polar surface area (TPSA) is 26.3 Å². The van der Waals surface area contributed by atoms with Crippen LogP contribution >= 0.6 is 0 Å². The van der Waals surface area contributed by atoms with Crippen molar-refractivity contribution in [3.8, 4) is 0 Å². The summed E-state index contributed by atoms with van der Waals surface area (Å²) in [7, 11) is 1.20. The molecule has 0 saturated carbocycles. The first-order valence-electron chi connectivity index (χ1n) is 9.06. The van der Waals surface area contributed by atoms with E-state index in [1.165, 1.54) is 83.5 Å². The molecule has 0 aliphatic rings. The molecule has 0 spiro atoms. The van der Waals surface area contributed by atoms with Gasteiger partial charge >= 0.3 is 0 Å². The van der Waals surface area contributed by atoms with Crippen LogP contribution in [0.1, 0.15) is 89.9 Å². The second-order valence-corrected chi connectivity index (χ2v) is 7.77. The van der Waals surface area contributed by atoms with Gasteiger partial charge in [0, 0.05) is 36.5 Å². The van der Waals surface area contributed by atoms with Crippen molar-refractivity contribution in [2.45, 2.75) is 89.9 Å². The lowest BCUT2D eigenvalue weighted by atomic mass is 10.0. The maximum Gasteiger partial charge on any atom is 0.0462 e. The average molecular weight is 319 g/mol. The van der Waals surface area contributed by atoms with Gasteiger partial charge in [-0.2, -0.15) is 0 Å². The van der Waals surface area contributed by atoms with Crippen LogP contribution in [0.15, 0.2) is 0 Å². The van der Waals surface area contributed by atoms with Crippen molar-refractivity contribution in [3.63, 3.8) is 0 Å². The van der Waals surface area contributed by atoms with Gasteiger partial charge in [0.05, 0.1) is 0 Å². The van der Waals surface area contributed by atoms with Crippen molar-refractivity contribution < 1.29 is 8.95 Å². The number of methoxy groups -OCH3 is 1. The second-order valence-electron chi connectivity index (χ2n) is 6.22. The minimum Gasteiger partial charge on any atom is -0.385 e. The molecule has 0 aliphatic carbocycles. The molecule has 0 radical (unpaired) electrons. The first-order chi connectivity index (χ1) is 10.3. The van der Waals surface area contributed by atoms with Crippen molar-refractivity contribution in [2.24, 2.45) is 0 Å². The van der Waals surface area contributed by atoms with Gasteiger partial charge in [-0.25, -0.2) is 0 Å². The van der Waals surface area contributed by atoms with Gasteiger partial charge in [0.25, 0.3) is 0 Å². The van der Waals surface area contributed by atoms with Crippen molar-refractivity contribution in [2.75, 3.05) is 25.7 Å². The molecule has 0 aromatic rings. The van der Waals surface area contributed by atoms with Crippen LogP contribution in [0.5, 0.6) is 0 Å². The standard InChI is InChI=1S/C18H38O2S/c1-20-17-15-13-11-9-7-5-3-4-6-8-10-12-14-16-18-21(2)19/h3-18H2,1-2H3. The fraction of sp³-hybridized carbons (Fsp3) is 1.00. The minimum absolute atomic E-state index is 0.589. The Kier molecular flexibility index (Phi) is 18.3. The fourth-order valence-electron chi connectivity index (χ4n) is 2.67. The summed E-state index contributed by atoms with van der Waals surface area (Å²) in [5.74, 6) is 0.894. The minimum atomic E-state index is -0.589. The zero-order valence-electron chi connectivity index (χ0n) is 14.5. The van der Waals surface area contributed by atoms with Crippen LogP contribution in [0.25, 0.3) is 0 Å². The summed E-state index contributed by atoms with van der Waals surface area (Å²) in [6.45, 7) is 0.927. The normalized spacial score (nSPS) is 12.7. The highest BCUT2D eigenvalue weighted by atomic mass is 32.2. The maximum absolute atomic E-state index is 10.9. The van der Waals surface area contributed by atoms with E-state index in [1.807, 2.05) is 0 Å². The fourth-order valence-corrected chi connectivity index (χ4v) is 3.28. The van der Waals surface area contributed by atoms with Crippen LogP contribution in [-0.2, 0) is 15.5 Å². The van der Waals surface area contributed by atoms with E-state index in [0.29, 0.717) is 0 Å². The van der Waals surface area contributed by atoms with Gasteiger partial charge in [-0.3, -0.25) is 4.21 Å². The first kappa shape index (κ1) is 21.1. The highest BCUT2D eigenvalue weighted by molar-refractivity contribution is 7.84. The van der Waals surface area contributed by atoms with Gasteiger partial charge in [0.2, 0.25) is 0 Å². The molecule has 0 aromatic heterocycles. The quantitative estimate of drug-likeness (QED) is 0.332. The summed E-state index contributed by atoms with van der Waals surface area (Å²) in [4.78, 5) is 0. The smallest absolute Gasteiger partial charge is 0.0462 e. The van der Waals surface area contributed by atoms with Crippen molar-refractivity contribution >= 4 is 10.8 Å². The molecule has 0 aromatic carbocycles. The van der Waals surface area contributed by atoms with E-state index >= 15 is 0 Å². The number of hydrogen-bond donors (Lipinski definition) is 0. The maximum atomic E-state index is 10.9. The van der Waals surface area contributed by atoms with Crippen LogP contribution in [-0.4, -0.2) is 29.9 Å². The Labute approximate surface area is 135 Å². The Hall–Kier alpha value is 0.110. The molecule has 1 atom stereocenters. The van der Waals surface area contributed by atoms with E-state index in [2.05, 4.69) is 0 Å². The summed E-state index contributed by atoms with van der Waals surface area (Å²) in [5, 5.41) is 0. The second kappa shape index (κ2) is 18.2. The van der Waals surface area contributed by atoms with Crippen molar-refractivity contribution in [1.29, 1.82) is 0 Å². The SMILES string of the molecule is COCCCCCCCCCCCCCCCCS(C)=O. The number of unbranched alkanes of at least 4 members (excludes halogenated alkanes) is 13. The molecule has 0 amide bonds. The molecule has 0 fully saturated rings. The predicted octanol–water partition coefficient (Wildman–Crippen LogP) is 5.47. The van der Waals surface area contributed by atoms with Gasteiger partial charge in [-0.15, -0.1) is 0 Å². The molecule has 0 saturated heterocycles. The van der Waals surface area contributed by atoms with Crippen LogP contribution in [0.2, 0.25) is 0 Å². The molecular formula is C18H38O2S. The number of rotatable bonds is 17. The van der Waals surface area contributed by atoms with Gasteiger partial charge < -0.3 is 4.74 Å². The van der Waals surface area contributed by atoms with E-state index in [9.17, 15) is 4.21 Å². The van der Waals surface area contributed by atoms with Gasteiger partial charge in [0.15, 0.2) is 0 Å². The van der Waals surface area contributed by atoms with Gasteiger partial charge in [-0.05, 0) is 12.8 Å². The van der Waals surface area contributed by atoms with Crippen molar-refractivity contribution in [3.05, 3.63) is 0 Å². The largest absolute Gasteiger partial charge is 0.385 e. The Balaban J connectivity index is 2.95. The Morgan fingerprint density at radius 2 is 0.952 bits per heavy atom. The molecule has 0 bridgehead atoms. The highest BCUT2D eigenvalue weighted by Gasteiger charge is 1.95. The zero-order valence-corrected chi connectivity index (χ0v) is 15.4. The lowest BCUT2D eigenvalue weighted by Crippen LogP contribution is -1.93. The van der Waals surface area contributed by atoms with E-state index in [1.54, 1.807) is 13.4 Å². The Bertz CT molecular complexity index is 219. The van der Waals surface area contributed by atoms with Gasteiger partial charge in [0.1, 0.15) is 0 Å². The molecular weight excluding hydrogens is 280 g/mol. The monoisotopic (exact) mass is 318 g/mol. The molecule has 128 valence electrons. The summed E-state index contributed by atoms with van der Waals surface area (Å²) in [6, 6.07) is 0. The van der Waals surface area contributed by atoms with E-state index in [0.717, 1.165) is 18.8 Å².